The zero-order chi connectivity index (χ0) is 14.0. The van der Waals surface area contributed by atoms with Crippen molar-refractivity contribution in [2.75, 3.05) is 33.0 Å². The molecular weight excluding hydrogens is 244 g/mol. The third-order valence-electron chi connectivity index (χ3n) is 2.09. The highest BCUT2D eigenvalue weighted by atomic mass is 16.5. The lowest BCUT2D eigenvalue weighted by molar-refractivity contribution is -0.137. The van der Waals surface area contributed by atoms with Crippen molar-refractivity contribution in [1.82, 2.24) is 10.6 Å². The second-order valence-electron chi connectivity index (χ2n) is 3.51. The highest BCUT2D eigenvalue weighted by molar-refractivity contribution is 5.81. The van der Waals surface area contributed by atoms with Gasteiger partial charge in [0.15, 0.2) is 0 Å². The summed E-state index contributed by atoms with van der Waals surface area (Å²) in [5.41, 5.74) is -1.48. The molecule has 2 amide bonds. The Kier molecular flexibility index (Phi) is 7.68. The monoisotopic (exact) mass is 262 g/mol. The molecule has 8 nitrogen and oxygen atoms in total. The van der Waals surface area contributed by atoms with Crippen LogP contribution in [-0.4, -0.2) is 65.8 Å². The van der Waals surface area contributed by atoms with Gasteiger partial charge in [-0.1, -0.05) is 6.58 Å². The zero-order valence-electron chi connectivity index (χ0n) is 9.89. The topological polar surface area (TPSA) is 128 Å². The first kappa shape index (κ1) is 16.4. The number of rotatable bonds is 8. The fraction of sp³-hybridized carbons (Fsp3) is 0.600. The van der Waals surface area contributed by atoms with E-state index in [1.807, 2.05) is 0 Å². The number of esters is 1. The molecule has 0 aromatic heterocycles. The van der Waals surface area contributed by atoms with E-state index >= 15 is 0 Å². The number of aliphatic hydroxyl groups is 3. The first-order valence-corrected chi connectivity index (χ1v) is 5.21. The summed E-state index contributed by atoms with van der Waals surface area (Å²) in [5.74, 6) is -0.604. The second kappa shape index (κ2) is 8.45. The highest BCUT2D eigenvalue weighted by Gasteiger charge is 2.29. The first-order chi connectivity index (χ1) is 8.53. The van der Waals surface area contributed by atoms with Crippen LogP contribution in [0.3, 0.4) is 0 Å². The standard InChI is InChI=1S/C10H18N2O6/c1-2-8(16)18-4-3-11-9(17)12-10(5-13,6-14)7-15/h2,13-15H,1,3-7H2,(H2,11,12,17). The van der Waals surface area contributed by atoms with Crippen LogP contribution >= 0.6 is 0 Å². The Bertz CT molecular complexity index is 282. The van der Waals surface area contributed by atoms with Crippen LogP contribution in [0.4, 0.5) is 4.79 Å². The summed E-state index contributed by atoms with van der Waals surface area (Å²) in [7, 11) is 0. The van der Waals surface area contributed by atoms with E-state index in [1.54, 1.807) is 0 Å². The van der Waals surface area contributed by atoms with Gasteiger partial charge in [0.25, 0.3) is 0 Å². The minimum atomic E-state index is -1.48. The van der Waals surface area contributed by atoms with E-state index in [9.17, 15) is 9.59 Å². The summed E-state index contributed by atoms with van der Waals surface area (Å²) in [6.07, 6.45) is 0.994. The summed E-state index contributed by atoms with van der Waals surface area (Å²) in [4.78, 5) is 22.0. The quantitative estimate of drug-likeness (QED) is 0.191. The summed E-state index contributed by atoms with van der Waals surface area (Å²) >= 11 is 0. The molecule has 8 heteroatoms. The maximum Gasteiger partial charge on any atom is 0.330 e. The molecule has 0 rings (SSSR count). The number of urea groups is 1. The number of ether oxygens (including phenoxy) is 1. The Balaban J connectivity index is 3.96. The van der Waals surface area contributed by atoms with Gasteiger partial charge in [-0.2, -0.15) is 0 Å². The van der Waals surface area contributed by atoms with E-state index in [4.69, 9.17) is 15.3 Å². The molecule has 0 unspecified atom stereocenters. The van der Waals surface area contributed by atoms with Crippen molar-refractivity contribution in [2.24, 2.45) is 0 Å². The van der Waals surface area contributed by atoms with E-state index in [0.29, 0.717) is 0 Å². The number of hydrogen-bond acceptors (Lipinski definition) is 6. The Labute approximate surface area is 104 Å². The second-order valence-corrected chi connectivity index (χ2v) is 3.51. The van der Waals surface area contributed by atoms with Crippen molar-refractivity contribution in [1.29, 1.82) is 0 Å². The van der Waals surface area contributed by atoms with E-state index in [0.717, 1.165) is 6.08 Å². The Morgan fingerprint density at radius 2 is 1.78 bits per heavy atom. The maximum absolute atomic E-state index is 11.3. The van der Waals surface area contributed by atoms with Gasteiger partial charge in [0, 0.05) is 6.08 Å². The Morgan fingerprint density at radius 1 is 1.22 bits per heavy atom. The van der Waals surface area contributed by atoms with Crippen molar-refractivity contribution in [3.8, 4) is 0 Å². The van der Waals surface area contributed by atoms with E-state index in [-0.39, 0.29) is 13.2 Å². The van der Waals surface area contributed by atoms with Crippen LogP contribution in [0.25, 0.3) is 0 Å². The Morgan fingerprint density at radius 3 is 2.22 bits per heavy atom. The van der Waals surface area contributed by atoms with Crippen molar-refractivity contribution in [3.63, 3.8) is 0 Å². The molecule has 0 bridgehead atoms. The molecule has 0 aliphatic heterocycles. The molecule has 0 aromatic rings. The van der Waals surface area contributed by atoms with Crippen LogP contribution < -0.4 is 10.6 Å². The number of hydrogen-bond donors (Lipinski definition) is 5. The summed E-state index contributed by atoms with van der Waals surface area (Å²) in [6, 6.07) is -0.707. The van der Waals surface area contributed by atoms with E-state index < -0.39 is 37.4 Å². The fourth-order valence-electron chi connectivity index (χ4n) is 0.929. The van der Waals surface area contributed by atoms with Crippen molar-refractivity contribution < 1.29 is 29.6 Å². The third-order valence-corrected chi connectivity index (χ3v) is 2.09. The van der Waals surface area contributed by atoms with Gasteiger partial charge < -0.3 is 30.7 Å². The molecule has 0 radical (unpaired) electrons. The summed E-state index contributed by atoms with van der Waals surface area (Å²) in [5, 5.41) is 31.4. The van der Waals surface area contributed by atoms with Crippen LogP contribution in [-0.2, 0) is 9.53 Å². The predicted octanol–water partition coefficient (Wildman–Crippen LogP) is -2.27. The lowest BCUT2D eigenvalue weighted by atomic mass is 10.0. The highest BCUT2D eigenvalue weighted by Crippen LogP contribution is 2.00. The minimum absolute atomic E-state index is 0.0390. The van der Waals surface area contributed by atoms with Crippen LogP contribution in [0.15, 0.2) is 12.7 Å². The van der Waals surface area contributed by atoms with Gasteiger partial charge >= 0.3 is 12.0 Å². The molecule has 18 heavy (non-hydrogen) atoms. The molecule has 104 valence electrons. The summed E-state index contributed by atoms with van der Waals surface area (Å²) < 4.78 is 4.60. The molecule has 0 fully saturated rings. The van der Waals surface area contributed by atoms with Gasteiger partial charge in [-0.3, -0.25) is 0 Å². The average Bonchev–Trinajstić information content (AvgIpc) is 2.40. The Hall–Kier alpha value is -1.64. The van der Waals surface area contributed by atoms with Gasteiger partial charge in [-0.05, 0) is 0 Å². The van der Waals surface area contributed by atoms with Gasteiger partial charge in [-0.25, -0.2) is 9.59 Å². The number of carbonyl (C=O) groups excluding carboxylic acids is 2. The van der Waals surface area contributed by atoms with E-state index in [2.05, 4.69) is 21.9 Å². The lowest BCUT2D eigenvalue weighted by Gasteiger charge is -2.28. The zero-order valence-corrected chi connectivity index (χ0v) is 9.89. The number of aliphatic hydroxyl groups excluding tert-OH is 3. The predicted molar refractivity (Wildman–Crippen MR) is 61.7 cm³/mol. The smallest absolute Gasteiger partial charge is 0.330 e. The van der Waals surface area contributed by atoms with Gasteiger partial charge in [0.2, 0.25) is 0 Å². The average molecular weight is 262 g/mol. The van der Waals surface area contributed by atoms with Crippen molar-refractivity contribution in [3.05, 3.63) is 12.7 Å². The van der Waals surface area contributed by atoms with Gasteiger partial charge in [-0.15, -0.1) is 0 Å². The van der Waals surface area contributed by atoms with E-state index in [1.165, 1.54) is 0 Å². The van der Waals surface area contributed by atoms with Crippen molar-refractivity contribution in [2.45, 2.75) is 5.54 Å². The molecule has 0 spiro atoms. The lowest BCUT2D eigenvalue weighted by Crippen LogP contribution is -2.59. The first-order valence-electron chi connectivity index (χ1n) is 5.21. The largest absolute Gasteiger partial charge is 0.461 e. The molecule has 0 aliphatic carbocycles. The molecular formula is C10H18N2O6. The normalized spacial score (nSPS) is 10.6. The van der Waals surface area contributed by atoms with Gasteiger partial charge in [0.1, 0.15) is 12.1 Å². The molecule has 0 heterocycles. The molecule has 0 saturated carbocycles. The molecule has 5 N–H and O–H groups in total. The molecule has 0 atom stereocenters. The molecule has 0 aromatic carbocycles. The number of carbonyl (C=O) groups is 2. The van der Waals surface area contributed by atoms with Crippen LogP contribution in [0.1, 0.15) is 0 Å². The maximum atomic E-state index is 11.3. The molecule has 0 aliphatic rings. The third kappa shape index (κ3) is 5.62. The fourth-order valence-corrected chi connectivity index (χ4v) is 0.929. The number of amides is 2. The van der Waals surface area contributed by atoms with Gasteiger partial charge in [0.05, 0.1) is 26.4 Å². The number of nitrogens with one attached hydrogen (secondary N) is 2. The van der Waals surface area contributed by atoms with Crippen molar-refractivity contribution >= 4 is 12.0 Å². The van der Waals surface area contributed by atoms with Crippen LogP contribution in [0.5, 0.6) is 0 Å². The summed E-state index contributed by atoms with van der Waals surface area (Å²) in [6.45, 7) is 1.37. The SMILES string of the molecule is C=CC(=O)OCCNC(=O)NC(CO)(CO)CO. The van der Waals surface area contributed by atoms with Crippen LogP contribution in [0, 0.1) is 0 Å². The minimum Gasteiger partial charge on any atom is -0.461 e. The van der Waals surface area contributed by atoms with Crippen LogP contribution in [0.2, 0.25) is 0 Å². The molecule has 0 saturated heterocycles.